The molecule has 0 bridgehead atoms. The normalized spacial score (nSPS) is 11.7. The quantitative estimate of drug-likeness (QED) is 0.758. The first kappa shape index (κ1) is 17.1. The van der Waals surface area contributed by atoms with Crippen LogP contribution in [0, 0.1) is 0 Å². The van der Waals surface area contributed by atoms with Crippen molar-refractivity contribution < 1.29 is 13.2 Å². The first-order chi connectivity index (χ1) is 9.33. The Hall–Kier alpha value is -0.940. The molecule has 20 heavy (non-hydrogen) atoms. The van der Waals surface area contributed by atoms with Gasteiger partial charge in [-0.2, -0.15) is 13.2 Å². The standard InChI is InChI=1S/C14H20ClF3N2/c1-3-7-19-10-11-4-5-13(12(15)9-11)20(2)8-6-14(16,17)18/h4-5,9,19H,3,6-8,10H2,1-2H3. The molecule has 1 N–H and O–H groups in total. The molecular formula is C14H20ClF3N2. The molecule has 1 aromatic rings. The number of hydrogen-bond donors (Lipinski definition) is 1. The summed E-state index contributed by atoms with van der Waals surface area (Å²) in [7, 11) is 1.61. The molecule has 0 fully saturated rings. The molecule has 0 spiro atoms. The second-order valence-electron chi connectivity index (χ2n) is 4.75. The lowest BCUT2D eigenvalue weighted by Gasteiger charge is -2.21. The van der Waals surface area contributed by atoms with Gasteiger partial charge in [-0.25, -0.2) is 0 Å². The fourth-order valence-corrected chi connectivity index (χ4v) is 2.14. The van der Waals surface area contributed by atoms with Gasteiger partial charge in [0.05, 0.1) is 17.1 Å². The molecule has 0 amide bonds. The monoisotopic (exact) mass is 308 g/mol. The predicted molar refractivity (Wildman–Crippen MR) is 77.4 cm³/mol. The fourth-order valence-electron chi connectivity index (χ4n) is 1.79. The maximum Gasteiger partial charge on any atom is 0.390 e. The van der Waals surface area contributed by atoms with Crippen molar-refractivity contribution in [2.45, 2.75) is 32.5 Å². The van der Waals surface area contributed by atoms with E-state index in [9.17, 15) is 13.2 Å². The number of anilines is 1. The van der Waals surface area contributed by atoms with E-state index in [0.29, 0.717) is 17.3 Å². The second-order valence-corrected chi connectivity index (χ2v) is 5.16. The summed E-state index contributed by atoms with van der Waals surface area (Å²) in [5.74, 6) is 0. The van der Waals surface area contributed by atoms with Gasteiger partial charge in [-0.05, 0) is 30.7 Å². The molecule has 1 rings (SSSR count). The van der Waals surface area contributed by atoms with E-state index in [2.05, 4.69) is 12.2 Å². The first-order valence-corrected chi connectivity index (χ1v) is 6.98. The van der Waals surface area contributed by atoms with E-state index < -0.39 is 12.6 Å². The molecule has 0 atom stereocenters. The minimum Gasteiger partial charge on any atom is -0.373 e. The summed E-state index contributed by atoms with van der Waals surface area (Å²) < 4.78 is 36.6. The molecule has 0 saturated heterocycles. The fraction of sp³-hybridized carbons (Fsp3) is 0.571. The SMILES string of the molecule is CCCNCc1ccc(N(C)CCC(F)(F)F)c(Cl)c1. The number of alkyl halides is 3. The number of hydrogen-bond acceptors (Lipinski definition) is 2. The van der Waals surface area contributed by atoms with Gasteiger partial charge in [0.15, 0.2) is 0 Å². The maximum atomic E-state index is 12.2. The highest BCUT2D eigenvalue weighted by molar-refractivity contribution is 6.33. The first-order valence-electron chi connectivity index (χ1n) is 6.60. The zero-order valence-electron chi connectivity index (χ0n) is 11.7. The summed E-state index contributed by atoms with van der Waals surface area (Å²) >= 11 is 6.14. The third-order valence-electron chi connectivity index (χ3n) is 2.91. The zero-order valence-corrected chi connectivity index (χ0v) is 12.5. The lowest BCUT2D eigenvalue weighted by atomic mass is 10.2. The molecule has 0 radical (unpaired) electrons. The Morgan fingerprint density at radius 2 is 2.00 bits per heavy atom. The second kappa shape index (κ2) is 7.74. The Kier molecular flexibility index (Phi) is 6.62. The van der Waals surface area contributed by atoms with Gasteiger partial charge in [0.25, 0.3) is 0 Å². The van der Waals surface area contributed by atoms with E-state index in [0.717, 1.165) is 18.5 Å². The lowest BCUT2D eigenvalue weighted by molar-refractivity contribution is -0.132. The number of halogens is 4. The molecule has 114 valence electrons. The minimum atomic E-state index is -4.15. The van der Waals surface area contributed by atoms with Crippen molar-refractivity contribution in [2.24, 2.45) is 0 Å². The summed E-state index contributed by atoms with van der Waals surface area (Å²) in [6.45, 7) is 3.61. The van der Waals surface area contributed by atoms with Gasteiger partial charge in [0.2, 0.25) is 0 Å². The molecule has 2 nitrogen and oxygen atoms in total. The van der Waals surface area contributed by atoms with Gasteiger partial charge < -0.3 is 10.2 Å². The van der Waals surface area contributed by atoms with Crippen molar-refractivity contribution in [1.82, 2.24) is 5.32 Å². The Morgan fingerprint density at radius 1 is 1.30 bits per heavy atom. The smallest absolute Gasteiger partial charge is 0.373 e. The molecule has 0 aliphatic heterocycles. The topological polar surface area (TPSA) is 15.3 Å². The van der Waals surface area contributed by atoms with Gasteiger partial charge in [-0.3, -0.25) is 0 Å². The van der Waals surface area contributed by atoms with Gasteiger partial charge in [0.1, 0.15) is 0 Å². The van der Waals surface area contributed by atoms with Crippen molar-refractivity contribution in [3.63, 3.8) is 0 Å². The van der Waals surface area contributed by atoms with Crippen LogP contribution in [0.1, 0.15) is 25.3 Å². The van der Waals surface area contributed by atoms with Crippen LogP contribution >= 0.6 is 11.6 Å². The predicted octanol–water partition coefficient (Wildman–Crippen LogP) is 4.23. The van der Waals surface area contributed by atoms with Crippen LogP contribution < -0.4 is 10.2 Å². The average Bonchev–Trinajstić information content (AvgIpc) is 2.35. The van der Waals surface area contributed by atoms with Crippen molar-refractivity contribution in [2.75, 3.05) is 25.0 Å². The number of benzene rings is 1. The Labute approximate surface area is 122 Å². The van der Waals surface area contributed by atoms with Crippen molar-refractivity contribution in [1.29, 1.82) is 0 Å². The summed E-state index contributed by atoms with van der Waals surface area (Å²) in [6, 6.07) is 5.44. The molecule has 1 aromatic carbocycles. The van der Waals surface area contributed by atoms with E-state index in [-0.39, 0.29) is 6.54 Å². The molecule has 0 unspecified atom stereocenters. The molecule has 0 aliphatic carbocycles. The highest BCUT2D eigenvalue weighted by Gasteiger charge is 2.27. The largest absolute Gasteiger partial charge is 0.390 e. The minimum absolute atomic E-state index is 0.101. The van der Waals surface area contributed by atoms with Crippen molar-refractivity contribution in [3.8, 4) is 0 Å². The van der Waals surface area contributed by atoms with Crippen LogP contribution in [0.15, 0.2) is 18.2 Å². The van der Waals surface area contributed by atoms with E-state index in [1.54, 1.807) is 19.2 Å². The Balaban J connectivity index is 2.62. The highest BCUT2D eigenvalue weighted by atomic mass is 35.5. The van der Waals surface area contributed by atoms with Crippen LogP contribution in [0.25, 0.3) is 0 Å². The van der Waals surface area contributed by atoms with Crippen molar-refractivity contribution in [3.05, 3.63) is 28.8 Å². The van der Waals surface area contributed by atoms with E-state index in [4.69, 9.17) is 11.6 Å². The molecule has 0 heterocycles. The van der Waals surface area contributed by atoms with Gasteiger partial charge in [0, 0.05) is 20.1 Å². The maximum absolute atomic E-state index is 12.2. The van der Waals surface area contributed by atoms with Crippen LogP contribution in [0.3, 0.4) is 0 Å². The summed E-state index contributed by atoms with van der Waals surface area (Å²) in [5, 5.41) is 3.73. The van der Waals surface area contributed by atoms with Gasteiger partial charge in [-0.15, -0.1) is 0 Å². The summed E-state index contributed by atoms with van der Waals surface area (Å²) in [4.78, 5) is 1.53. The highest BCUT2D eigenvalue weighted by Crippen LogP contribution is 2.28. The van der Waals surface area contributed by atoms with Crippen LogP contribution in [-0.4, -0.2) is 26.3 Å². The molecule has 0 aromatic heterocycles. The average molecular weight is 309 g/mol. The zero-order chi connectivity index (χ0) is 15.2. The Bertz CT molecular complexity index is 421. The van der Waals surface area contributed by atoms with Crippen LogP contribution in [0.2, 0.25) is 5.02 Å². The van der Waals surface area contributed by atoms with Crippen molar-refractivity contribution >= 4 is 17.3 Å². The lowest BCUT2D eigenvalue weighted by Crippen LogP contribution is -2.24. The number of rotatable bonds is 7. The van der Waals surface area contributed by atoms with Crippen LogP contribution in [0.5, 0.6) is 0 Å². The molecule has 0 saturated carbocycles. The Morgan fingerprint density at radius 3 is 2.55 bits per heavy atom. The van der Waals surface area contributed by atoms with E-state index in [1.165, 1.54) is 4.90 Å². The summed E-state index contributed by atoms with van der Waals surface area (Å²) in [6.07, 6.45) is -3.95. The van der Waals surface area contributed by atoms with Crippen LogP contribution in [-0.2, 0) is 6.54 Å². The third kappa shape index (κ3) is 6.01. The van der Waals surface area contributed by atoms with E-state index in [1.807, 2.05) is 6.07 Å². The van der Waals surface area contributed by atoms with Crippen LogP contribution in [0.4, 0.5) is 18.9 Å². The summed E-state index contributed by atoms with van der Waals surface area (Å²) in [5.41, 5.74) is 1.64. The van der Waals surface area contributed by atoms with Gasteiger partial charge in [-0.1, -0.05) is 24.6 Å². The molecule has 0 aliphatic rings. The number of nitrogens with zero attached hydrogens (tertiary/aromatic N) is 1. The van der Waals surface area contributed by atoms with E-state index >= 15 is 0 Å². The van der Waals surface area contributed by atoms with Gasteiger partial charge >= 0.3 is 6.18 Å². The molecular weight excluding hydrogens is 289 g/mol. The number of nitrogens with one attached hydrogen (secondary N) is 1. The molecule has 6 heteroatoms. The third-order valence-corrected chi connectivity index (χ3v) is 3.21.